The molecule has 0 aromatic rings. The summed E-state index contributed by atoms with van der Waals surface area (Å²) in [5.41, 5.74) is 0.0451. The maximum atomic E-state index is 11.7. The quantitative estimate of drug-likeness (QED) is 0.644. The van der Waals surface area contributed by atoms with Gasteiger partial charge in [0.1, 0.15) is 0 Å². The summed E-state index contributed by atoms with van der Waals surface area (Å²) in [7, 11) is 0. The number of urea groups is 1. The van der Waals surface area contributed by atoms with Gasteiger partial charge in [-0.05, 0) is 33.2 Å². The van der Waals surface area contributed by atoms with Gasteiger partial charge in [-0.3, -0.25) is 0 Å². The van der Waals surface area contributed by atoms with E-state index in [0.717, 1.165) is 32.5 Å². The molecule has 4 nitrogen and oxygen atoms in total. The molecule has 2 amide bonds. The molecule has 0 aromatic carbocycles. The monoisotopic (exact) mass is 197 g/mol. The summed E-state index contributed by atoms with van der Waals surface area (Å²) in [5, 5.41) is 6.35. The SMILES string of the molecule is CC(C)N1C(=O)NCC12CCCNC2. The Hall–Kier alpha value is -0.770. The number of piperidine rings is 1. The minimum Gasteiger partial charge on any atom is -0.336 e. The Morgan fingerprint density at radius 3 is 2.79 bits per heavy atom. The molecule has 0 aromatic heterocycles. The molecule has 2 saturated heterocycles. The minimum atomic E-state index is 0.0451. The standard InChI is InChI=1S/C10H19N3O/c1-8(2)13-9(14)12-7-10(13)4-3-5-11-6-10/h8,11H,3-7H2,1-2H3,(H,12,14). The maximum Gasteiger partial charge on any atom is 0.318 e. The summed E-state index contributed by atoms with van der Waals surface area (Å²) >= 11 is 0. The van der Waals surface area contributed by atoms with E-state index in [1.165, 1.54) is 0 Å². The first-order valence-corrected chi connectivity index (χ1v) is 5.44. The summed E-state index contributed by atoms with van der Waals surface area (Å²) in [6.07, 6.45) is 2.29. The molecule has 1 atom stereocenters. The summed E-state index contributed by atoms with van der Waals surface area (Å²) in [5.74, 6) is 0. The maximum absolute atomic E-state index is 11.7. The van der Waals surface area contributed by atoms with Crippen molar-refractivity contribution in [3.63, 3.8) is 0 Å². The van der Waals surface area contributed by atoms with Gasteiger partial charge in [-0.2, -0.15) is 0 Å². The Kier molecular flexibility index (Phi) is 2.39. The molecular weight excluding hydrogens is 178 g/mol. The van der Waals surface area contributed by atoms with Crippen LogP contribution >= 0.6 is 0 Å². The molecule has 2 N–H and O–H groups in total. The van der Waals surface area contributed by atoms with Crippen molar-refractivity contribution < 1.29 is 4.79 Å². The lowest BCUT2D eigenvalue weighted by atomic mass is 9.89. The summed E-state index contributed by atoms with van der Waals surface area (Å²) < 4.78 is 0. The third-order valence-corrected chi connectivity index (χ3v) is 3.26. The number of nitrogens with zero attached hydrogens (tertiary/aromatic N) is 1. The van der Waals surface area contributed by atoms with E-state index in [1.54, 1.807) is 0 Å². The number of hydrogen-bond donors (Lipinski definition) is 2. The van der Waals surface area contributed by atoms with Crippen molar-refractivity contribution in [2.45, 2.75) is 38.3 Å². The van der Waals surface area contributed by atoms with Gasteiger partial charge >= 0.3 is 6.03 Å². The van der Waals surface area contributed by atoms with Crippen molar-refractivity contribution in [2.24, 2.45) is 0 Å². The lowest BCUT2D eigenvalue weighted by molar-refractivity contribution is 0.105. The minimum absolute atomic E-state index is 0.0451. The molecule has 2 aliphatic rings. The molecular formula is C10H19N3O. The number of amides is 2. The van der Waals surface area contributed by atoms with Crippen molar-refractivity contribution in [3.05, 3.63) is 0 Å². The van der Waals surface area contributed by atoms with Crippen molar-refractivity contribution in [2.75, 3.05) is 19.6 Å². The van der Waals surface area contributed by atoms with Crippen LogP contribution in [0.15, 0.2) is 0 Å². The topological polar surface area (TPSA) is 44.4 Å². The Morgan fingerprint density at radius 2 is 2.21 bits per heavy atom. The van der Waals surface area contributed by atoms with Gasteiger partial charge in [-0.1, -0.05) is 0 Å². The zero-order chi connectivity index (χ0) is 10.2. The molecule has 2 heterocycles. The van der Waals surface area contributed by atoms with E-state index in [4.69, 9.17) is 0 Å². The van der Waals surface area contributed by atoms with Gasteiger partial charge in [-0.25, -0.2) is 4.79 Å². The third-order valence-electron chi connectivity index (χ3n) is 3.26. The van der Waals surface area contributed by atoms with Gasteiger partial charge in [0.2, 0.25) is 0 Å². The lowest BCUT2D eigenvalue weighted by Gasteiger charge is -2.42. The first kappa shape index (κ1) is 9.77. The van der Waals surface area contributed by atoms with Crippen molar-refractivity contribution in [1.29, 1.82) is 0 Å². The lowest BCUT2D eigenvalue weighted by Crippen LogP contribution is -2.58. The fourth-order valence-corrected chi connectivity index (χ4v) is 2.72. The van der Waals surface area contributed by atoms with Gasteiger partial charge in [0.15, 0.2) is 0 Å². The molecule has 14 heavy (non-hydrogen) atoms. The second-order valence-corrected chi connectivity index (χ2v) is 4.63. The second-order valence-electron chi connectivity index (χ2n) is 4.63. The molecule has 0 aliphatic carbocycles. The van der Waals surface area contributed by atoms with Crippen LogP contribution in [0, 0.1) is 0 Å². The highest BCUT2D eigenvalue weighted by atomic mass is 16.2. The van der Waals surface area contributed by atoms with Crippen LogP contribution in [-0.2, 0) is 0 Å². The number of carbonyl (C=O) groups excluding carboxylic acids is 1. The van der Waals surface area contributed by atoms with Crippen LogP contribution in [0.25, 0.3) is 0 Å². The molecule has 1 unspecified atom stereocenters. The number of nitrogens with one attached hydrogen (secondary N) is 2. The Morgan fingerprint density at radius 1 is 1.43 bits per heavy atom. The van der Waals surface area contributed by atoms with Gasteiger partial charge in [0, 0.05) is 19.1 Å². The first-order chi connectivity index (χ1) is 6.66. The molecule has 4 heteroatoms. The van der Waals surface area contributed by atoms with Crippen LogP contribution in [0.2, 0.25) is 0 Å². The molecule has 0 bridgehead atoms. The normalized spacial score (nSPS) is 32.8. The van der Waals surface area contributed by atoms with Crippen LogP contribution in [0.4, 0.5) is 4.79 Å². The van der Waals surface area contributed by atoms with E-state index in [1.807, 2.05) is 4.90 Å². The molecule has 2 aliphatic heterocycles. The van der Waals surface area contributed by atoms with E-state index in [2.05, 4.69) is 24.5 Å². The van der Waals surface area contributed by atoms with Crippen LogP contribution in [0.5, 0.6) is 0 Å². The summed E-state index contributed by atoms with van der Waals surface area (Å²) in [6, 6.07) is 0.390. The smallest absolute Gasteiger partial charge is 0.318 e. The number of hydrogen-bond acceptors (Lipinski definition) is 2. The molecule has 0 radical (unpaired) electrons. The highest BCUT2D eigenvalue weighted by Gasteiger charge is 2.46. The van der Waals surface area contributed by atoms with Crippen LogP contribution in [-0.4, -0.2) is 42.1 Å². The van der Waals surface area contributed by atoms with Crippen molar-refractivity contribution >= 4 is 6.03 Å². The Bertz CT molecular complexity index is 234. The van der Waals surface area contributed by atoms with Gasteiger partial charge in [-0.15, -0.1) is 0 Å². The van der Waals surface area contributed by atoms with Crippen molar-refractivity contribution in [3.8, 4) is 0 Å². The first-order valence-electron chi connectivity index (χ1n) is 5.44. The Labute approximate surface area is 85.0 Å². The zero-order valence-electron chi connectivity index (χ0n) is 8.97. The predicted molar refractivity (Wildman–Crippen MR) is 55.2 cm³/mol. The highest BCUT2D eigenvalue weighted by molar-refractivity contribution is 5.78. The largest absolute Gasteiger partial charge is 0.336 e. The molecule has 2 rings (SSSR count). The Balaban J connectivity index is 2.20. The average Bonchev–Trinajstić information content (AvgIpc) is 2.45. The van der Waals surface area contributed by atoms with Gasteiger partial charge in [0.25, 0.3) is 0 Å². The number of carbonyl (C=O) groups is 1. The van der Waals surface area contributed by atoms with E-state index < -0.39 is 0 Å². The summed E-state index contributed by atoms with van der Waals surface area (Å²) in [4.78, 5) is 13.7. The average molecular weight is 197 g/mol. The number of rotatable bonds is 1. The third kappa shape index (κ3) is 1.38. The second kappa shape index (κ2) is 3.42. The van der Waals surface area contributed by atoms with E-state index in [0.29, 0.717) is 0 Å². The molecule has 80 valence electrons. The van der Waals surface area contributed by atoms with Crippen LogP contribution < -0.4 is 10.6 Å². The van der Waals surface area contributed by atoms with Crippen LogP contribution in [0.3, 0.4) is 0 Å². The van der Waals surface area contributed by atoms with E-state index in [9.17, 15) is 4.79 Å². The fraction of sp³-hybridized carbons (Fsp3) is 0.900. The molecule has 1 spiro atoms. The van der Waals surface area contributed by atoms with E-state index in [-0.39, 0.29) is 17.6 Å². The predicted octanol–water partition coefficient (Wildman–Crippen LogP) is 0.542. The summed E-state index contributed by atoms with van der Waals surface area (Å²) in [6.45, 7) is 6.99. The molecule has 2 fully saturated rings. The van der Waals surface area contributed by atoms with Crippen LogP contribution in [0.1, 0.15) is 26.7 Å². The van der Waals surface area contributed by atoms with Gasteiger partial charge < -0.3 is 15.5 Å². The molecule has 0 saturated carbocycles. The van der Waals surface area contributed by atoms with Crippen molar-refractivity contribution in [1.82, 2.24) is 15.5 Å². The highest BCUT2D eigenvalue weighted by Crippen LogP contribution is 2.29. The van der Waals surface area contributed by atoms with E-state index >= 15 is 0 Å². The fourth-order valence-electron chi connectivity index (χ4n) is 2.72. The van der Waals surface area contributed by atoms with Gasteiger partial charge in [0.05, 0.1) is 5.54 Å². The zero-order valence-corrected chi connectivity index (χ0v) is 8.97.